The highest BCUT2D eigenvalue weighted by Gasteiger charge is 2.15. The number of hydrogen-bond acceptors (Lipinski definition) is 2. The van der Waals surface area contributed by atoms with E-state index < -0.39 is 0 Å². The molecule has 0 heterocycles. The van der Waals surface area contributed by atoms with Gasteiger partial charge in [0, 0.05) is 24.3 Å². The van der Waals surface area contributed by atoms with Crippen LogP contribution in [0.5, 0.6) is 0 Å². The predicted octanol–water partition coefficient (Wildman–Crippen LogP) is 3.50. The van der Waals surface area contributed by atoms with Crippen LogP contribution < -0.4 is 10.6 Å². The molecular formula is C15H24N2. The summed E-state index contributed by atoms with van der Waals surface area (Å²) in [5.41, 5.74) is 8.64. The zero-order valence-corrected chi connectivity index (χ0v) is 11.2. The van der Waals surface area contributed by atoms with Gasteiger partial charge < -0.3 is 10.6 Å². The topological polar surface area (TPSA) is 29.3 Å². The molecule has 94 valence electrons. The molecule has 0 amide bonds. The Balaban J connectivity index is 3.13. The van der Waals surface area contributed by atoms with Gasteiger partial charge in [0.15, 0.2) is 0 Å². The van der Waals surface area contributed by atoms with E-state index in [9.17, 15) is 0 Å². The smallest absolute Gasteiger partial charge is 0.0419 e. The molecule has 1 aromatic rings. The molecule has 17 heavy (non-hydrogen) atoms. The van der Waals surface area contributed by atoms with E-state index in [0.29, 0.717) is 6.04 Å². The average molecular weight is 232 g/mol. The molecule has 0 fully saturated rings. The van der Waals surface area contributed by atoms with E-state index in [2.05, 4.69) is 56.5 Å². The molecule has 0 saturated heterocycles. The normalized spacial score (nSPS) is 12.5. The van der Waals surface area contributed by atoms with Crippen LogP contribution in [0, 0.1) is 0 Å². The lowest BCUT2D eigenvalue weighted by Crippen LogP contribution is -2.32. The van der Waals surface area contributed by atoms with Crippen molar-refractivity contribution in [1.82, 2.24) is 0 Å². The highest BCUT2D eigenvalue weighted by molar-refractivity contribution is 5.56. The van der Waals surface area contributed by atoms with Crippen molar-refractivity contribution in [2.24, 2.45) is 5.73 Å². The first-order chi connectivity index (χ1) is 8.11. The zero-order valence-electron chi connectivity index (χ0n) is 11.2. The summed E-state index contributed by atoms with van der Waals surface area (Å²) >= 11 is 0. The van der Waals surface area contributed by atoms with Crippen molar-refractivity contribution >= 4 is 5.69 Å². The molecule has 0 bridgehead atoms. The lowest BCUT2D eigenvalue weighted by molar-refractivity contribution is 0.674. The van der Waals surface area contributed by atoms with Crippen molar-refractivity contribution in [3.8, 4) is 0 Å². The average Bonchev–Trinajstić information content (AvgIpc) is 2.34. The minimum absolute atomic E-state index is 0.109. The summed E-state index contributed by atoms with van der Waals surface area (Å²) in [6, 6.07) is 8.95. The molecule has 1 rings (SSSR count). The largest absolute Gasteiger partial charge is 0.365 e. The van der Waals surface area contributed by atoms with Gasteiger partial charge in [0.2, 0.25) is 0 Å². The second-order valence-electron chi connectivity index (χ2n) is 4.61. The molecule has 0 aliphatic heterocycles. The summed E-state index contributed by atoms with van der Waals surface area (Å²) in [6.07, 6.45) is 2.89. The van der Waals surface area contributed by atoms with Crippen molar-refractivity contribution in [2.45, 2.75) is 39.3 Å². The van der Waals surface area contributed by atoms with Crippen molar-refractivity contribution in [2.75, 3.05) is 11.4 Å². The maximum atomic E-state index is 6.18. The fourth-order valence-electron chi connectivity index (χ4n) is 2.01. The molecule has 0 aliphatic carbocycles. The lowest BCUT2D eigenvalue weighted by atomic mass is 10.0. The second-order valence-corrected chi connectivity index (χ2v) is 4.61. The molecule has 2 N–H and O–H groups in total. The molecule has 0 aliphatic rings. The highest BCUT2D eigenvalue weighted by atomic mass is 15.1. The fourth-order valence-corrected chi connectivity index (χ4v) is 2.01. The Labute approximate surface area is 105 Å². The van der Waals surface area contributed by atoms with E-state index in [1.807, 2.05) is 6.08 Å². The van der Waals surface area contributed by atoms with E-state index >= 15 is 0 Å². The van der Waals surface area contributed by atoms with Crippen LogP contribution in [0.1, 0.15) is 38.8 Å². The molecule has 0 saturated carbocycles. The van der Waals surface area contributed by atoms with E-state index in [0.717, 1.165) is 13.0 Å². The van der Waals surface area contributed by atoms with Crippen LogP contribution in [-0.4, -0.2) is 12.6 Å². The van der Waals surface area contributed by atoms with E-state index in [1.165, 1.54) is 11.3 Å². The predicted molar refractivity (Wildman–Crippen MR) is 76.3 cm³/mol. The van der Waals surface area contributed by atoms with Gasteiger partial charge in [0.1, 0.15) is 0 Å². The maximum absolute atomic E-state index is 6.18. The molecule has 0 aromatic heterocycles. The monoisotopic (exact) mass is 232 g/mol. The van der Waals surface area contributed by atoms with Gasteiger partial charge in [-0.15, -0.1) is 6.58 Å². The van der Waals surface area contributed by atoms with Gasteiger partial charge in [-0.3, -0.25) is 0 Å². The lowest BCUT2D eigenvalue weighted by Gasteiger charge is -2.31. The van der Waals surface area contributed by atoms with Crippen LogP contribution in [0.3, 0.4) is 0 Å². The van der Waals surface area contributed by atoms with Crippen LogP contribution in [0.25, 0.3) is 0 Å². The number of anilines is 1. The number of nitrogens with two attached hydrogens (primary N) is 1. The Kier molecular flexibility index (Phi) is 5.23. The van der Waals surface area contributed by atoms with E-state index in [4.69, 9.17) is 5.73 Å². The number of para-hydroxylation sites is 1. The molecule has 0 radical (unpaired) electrons. The van der Waals surface area contributed by atoms with Gasteiger partial charge in [-0.25, -0.2) is 0 Å². The Morgan fingerprint density at radius 1 is 1.35 bits per heavy atom. The third-order valence-corrected chi connectivity index (χ3v) is 3.03. The summed E-state index contributed by atoms with van der Waals surface area (Å²) in [5.74, 6) is 0. The summed E-state index contributed by atoms with van der Waals surface area (Å²) in [7, 11) is 0. The zero-order chi connectivity index (χ0) is 12.8. The Morgan fingerprint density at radius 2 is 2.00 bits per heavy atom. The van der Waals surface area contributed by atoms with Gasteiger partial charge >= 0.3 is 0 Å². The molecule has 0 spiro atoms. The Hall–Kier alpha value is -1.28. The van der Waals surface area contributed by atoms with Crippen LogP contribution in [0.2, 0.25) is 0 Å². The SMILES string of the molecule is C=CCN(c1ccccc1[C@@H](N)CC)C(C)C. The number of hydrogen-bond donors (Lipinski definition) is 1. The highest BCUT2D eigenvalue weighted by Crippen LogP contribution is 2.28. The van der Waals surface area contributed by atoms with Crippen LogP contribution in [0.15, 0.2) is 36.9 Å². The number of nitrogens with zero attached hydrogens (tertiary/aromatic N) is 1. The molecule has 0 unspecified atom stereocenters. The summed E-state index contributed by atoms with van der Waals surface area (Å²) in [5, 5.41) is 0. The fraction of sp³-hybridized carbons (Fsp3) is 0.467. The second kappa shape index (κ2) is 6.45. The van der Waals surface area contributed by atoms with E-state index in [-0.39, 0.29) is 6.04 Å². The molecule has 1 atom stereocenters. The third-order valence-electron chi connectivity index (χ3n) is 3.03. The van der Waals surface area contributed by atoms with Crippen molar-refractivity contribution < 1.29 is 0 Å². The molecule has 1 aromatic carbocycles. The van der Waals surface area contributed by atoms with Gasteiger partial charge in [0.05, 0.1) is 0 Å². The van der Waals surface area contributed by atoms with Crippen molar-refractivity contribution in [1.29, 1.82) is 0 Å². The minimum atomic E-state index is 0.109. The first kappa shape index (κ1) is 13.8. The summed E-state index contributed by atoms with van der Waals surface area (Å²) in [6.45, 7) is 11.2. The van der Waals surface area contributed by atoms with E-state index in [1.54, 1.807) is 0 Å². The Bertz CT molecular complexity index is 358. The first-order valence-corrected chi connectivity index (χ1v) is 6.33. The van der Waals surface area contributed by atoms with Crippen LogP contribution in [-0.2, 0) is 0 Å². The first-order valence-electron chi connectivity index (χ1n) is 6.33. The summed E-state index contributed by atoms with van der Waals surface area (Å²) in [4.78, 5) is 2.33. The van der Waals surface area contributed by atoms with Gasteiger partial charge in [-0.05, 0) is 31.9 Å². The van der Waals surface area contributed by atoms with Gasteiger partial charge in [0.25, 0.3) is 0 Å². The molecule has 2 nitrogen and oxygen atoms in total. The summed E-state index contributed by atoms with van der Waals surface area (Å²) < 4.78 is 0. The van der Waals surface area contributed by atoms with Gasteiger partial charge in [-0.1, -0.05) is 31.2 Å². The van der Waals surface area contributed by atoms with Crippen LogP contribution >= 0.6 is 0 Å². The van der Waals surface area contributed by atoms with Gasteiger partial charge in [-0.2, -0.15) is 0 Å². The molecular weight excluding hydrogens is 208 g/mol. The maximum Gasteiger partial charge on any atom is 0.0419 e. The Morgan fingerprint density at radius 3 is 2.53 bits per heavy atom. The van der Waals surface area contributed by atoms with Crippen molar-refractivity contribution in [3.63, 3.8) is 0 Å². The minimum Gasteiger partial charge on any atom is -0.365 e. The van der Waals surface area contributed by atoms with Crippen molar-refractivity contribution in [3.05, 3.63) is 42.5 Å². The van der Waals surface area contributed by atoms with Crippen LogP contribution in [0.4, 0.5) is 5.69 Å². The number of rotatable bonds is 6. The third kappa shape index (κ3) is 3.34. The quantitative estimate of drug-likeness (QED) is 0.761. The standard InChI is InChI=1S/C15H24N2/c1-5-11-17(12(3)4)15-10-8-7-9-13(15)14(16)6-2/h5,7-10,12,14H,1,6,11,16H2,2-4H3/t14-/m0/s1. The molecule has 2 heteroatoms. The number of benzene rings is 1.